The summed E-state index contributed by atoms with van der Waals surface area (Å²) in [6.45, 7) is -0.344. The summed E-state index contributed by atoms with van der Waals surface area (Å²) in [6, 6.07) is 12.9. The standard InChI is InChI=1S/C20H17BrF3N3O4S2/c21-16-14-4-1-2-5-15(14)32-18(16)27(11-3-10-20(22,23)24)33(29,30)13-8-6-12(7-9-13)17-25-19(28)31-26-17/h1-2,4-9,17,26H,3,10-11H2,(H,25,28). The predicted octanol–water partition coefficient (Wildman–Crippen LogP) is 5.44. The van der Waals surface area contributed by atoms with Crippen molar-refractivity contribution in [2.24, 2.45) is 0 Å². The average Bonchev–Trinajstić information content (AvgIpc) is 3.34. The van der Waals surface area contributed by atoms with Gasteiger partial charge in [0.15, 0.2) is 0 Å². The van der Waals surface area contributed by atoms with Crippen LogP contribution in [0, 0.1) is 0 Å². The Kier molecular flexibility index (Phi) is 6.58. The number of thiophene rings is 1. The summed E-state index contributed by atoms with van der Waals surface area (Å²) >= 11 is 4.61. The van der Waals surface area contributed by atoms with Gasteiger partial charge in [-0.25, -0.2) is 13.2 Å². The molecule has 0 saturated carbocycles. The van der Waals surface area contributed by atoms with E-state index in [1.165, 1.54) is 35.6 Å². The zero-order valence-electron chi connectivity index (χ0n) is 16.7. The van der Waals surface area contributed by atoms with Gasteiger partial charge < -0.3 is 4.84 Å². The number of halogens is 4. The lowest BCUT2D eigenvalue weighted by Gasteiger charge is -2.24. The van der Waals surface area contributed by atoms with E-state index in [1.54, 1.807) is 18.2 Å². The first kappa shape index (κ1) is 23.8. The summed E-state index contributed by atoms with van der Waals surface area (Å²) in [7, 11) is -4.19. The Bertz CT molecular complexity index is 1280. The number of carbonyl (C=O) groups excluding carboxylic acids is 1. The molecule has 3 aromatic rings. The zero-order valence-corrected chi connectivity index (χ0v) is 19.9. The van der Waals surface area contributed by atoms with Gasteiger partial charge in [0.2, 0.25) is 0 Å². The number of anilines is 1. The molecule has 2 aromatic carbocycles. The van der Waals surface area contributed by atoms with Crippen LogP contribution >= 0.6 is 27.3 Å². The third-order valence-corrected chi connectivity index (χ3v) is 9.09. The lowest BCUT2D eigenvalue weighted by atomic mass is 10.2. The molecule has 0 spiro atoms. The van der Waals surface area contributed by atoms with E-state index in [-0.39, 0.29) is 11.4 Å². The minimum Gasteiger partial charge on any atom is -0.351 e. The highest BCUT2D eigenvalue weighted by Crippen LogP contribution is 2.44. The number of nitrogens with zero attached hydrogens (tertiary/aromatic N) is 1. The lowest BCUT2D eigenvalue weighted by molar-refractivity contribution is -0.134. The summed E-state index contributed by atoms with van der Waals surface area (Å²) < 4.78 is 67.7. The van der Waals surface area contributed by atoms with E-state index < -0.39 is 41.3 Å². The fourth-order valence-corrected chi connectivity index (χ4v) is 7.21. The molecule has 1 fully saturated rings. The van der Waals surface area contributed by atoms with E-state index >= 15 is 0 Å². The first-order chi connectivity index (χ1) is 15.6. The number of fused-ring (bicyclic) bond motifs is 1. The molecule has 1 saturated heterocycles. The third-order valence-electron chi connectivity index (χ3n) is 4.90. The SMILES string of the molecule is O=C1NC(c2ccc(S(=O)(=O)N(CCCC(F)(F)F)c3sc4ccccc4c3Br)cc2)NO1. The Morgan fingerprint density at radius 2 is 1.82 bits per heavy atom. The number of alkyl halides is 3. The fraction of sp³-hybridized carbons (Fsp3) is 0.250. The normalized spacial score (nSPS) is 16.6. The highest BCUT2D eigenvalue weighted by molar-refractivity contribution is 9.10. The quantitative estimate of drug-likeness (QED) is 0.399. The van der Waals surface area contributed by atoms with E-state index in [4.69, 9.17) is 0 Å². The van der Waals surface area contributed by atoms with Crippen LogP contribution in [0.5, 0.6) is 0 Å². The van der Waals surface area contributed by atoms with Gasteiger partial charge in [-0.15, -0.1) is 16.8 Å². The summed E-state index contributed by atoms with van der Waals surface area (Å²) in [5, 5.41) is 3.57. The molecule has 1 aliphatic heterocycles. The molecule has 4 rings (SSSR count). The molecule has 1 unspecified atom stereocenters. The van der Waals surface area contributed by atoms with Crippen molar-refractivity contribution < 1.29 is 31.2 Å². The van der Waals surface area contributed by atoms with Gasteiger partial charge >= 0.3 is 12.3 Å². The largest absolute Gasteiger partial charge is 0.427 e. The molecule has 1 atom stereocenters. The second-order valence-electron chi connectivity index (χ2n) is 7.17. The summed E-state index contributed by atoms with van der Waals surface area (Å²) in [5.41, 5.74) is 3.01. The van der Waals surface area contributed by atoms with Gasteiger partial charge in [-0.05, 0) is 46.1 Å². The van der Waals surface area contributed by atoms with Crippen molar-refractivity contribution in [3.8, 4) is 0 Å². The van der Waals surface area contributed by atoms with Gasteiger partial charge in [0.25, 0.3) is 10.0 Å². The van der Waals surface area contributed by atoms with Crippen molar-refractivity contribution in [1.29, 1.82) is 0 Å². The minimum atomic E-state index is -4.39. The number of hydroxylamine groups is 1. The number of amides is 1. The van der Waals surface area contributed by atoms with Gasteiger partial charge in [0.05, 0.1) is 9.37 Å². The summed E-state index contributed by atoms with van der Waals surface area (Å²) in [5.74, 6) is 0. The van der Waals surface area contributed by atoms with E-state index in [2.05, 4.69) is 31.6 Å². The Morgan fingerprint density at radius 1 is 1.12 bits per heavy atom. The second kappa shape index (κ2) is 9.12. The Morgan fingerprint density at radius 3 is 2.42 bits per heavy atom. The maximum atomic E-state index is 13.5. The van der Waals surface area contributed by atoms with Crippen molar-refractivity contribution in [1.82, 2.24) is 10.8 Å². The molecule has 1 aromatic heterocycles. The maximum Gasteiger partial charge on any atom is 0.427 e. The molecule has 33 heavy (non-hydrogen) atoms. The predicted molar refractivity (Wildman–Crippen MR) is 121 cm³/mol. The van der Waals surface area contributed by atoms with Crippen LogP contribution in [-0.4, -0.2) is 27.2 Å². The lowest BCUT2D eigenvalue weighted by Crippen LogP contribution is -2.32. The van der Waals surface area contributed by atoms with Gasteiger partial charge in [0, 0.05) is 23.1 Å². The smallest absolute Gasteiger partial charge is 0.351 e. The van der Waals surface area contributed by atoms with Crippen LogP contribution < -0.4 is 15.1 Å². The van der Waals surface area contributed by atoms with Gasteiger partial charge in [-0.3, -0.25) is 9.62 Å². The first-order valence-electron chi connectivity index (χ1n) is 9.65. The van der Waals surface area contributed by atoms with Crippen molar-refractivity contribution >= 4 is 58.5 Å². The van der Waals surface area contributed by atoms with Crippen LogP contribution in [0.2, 0.25) is 0 Å². The summed E-state index contributed by atoms with van der Waals surface area (Å²) in [4.78, 5) is 15.7. The van der Waals surface area contributed by atoms with Crippen molar-refractivity contribution in [2.75, 3.05) is 10.8 Å². The highest BCUT2D eigenvalue weighted by atomic mass is 79.9. The Balaban J connectivity index is 1.69. The van der Waals surface area contributed by atoms with E-state index in [0.29, 0.717) is 15.0 Å². The van der Waals surface area contributed by atoms with Crippen molar-refractivity contribution in [3.05, 3.63) is 58.6 Å². The Labute approximate surface area is 199 Å². The number of rotatable bonds is 7. The van der Waals surface area contributed by atoms with Crippen molar-refractivity contribution in [2.45, 2.75) is 30.1 Å². The van der Waals surface area contributed by atoms with Crippen LogP contribution in [0.25, 0.3) is 10.1 Å². The van der Waals surface area contributed by atoms with Crippen LogP contribution in [0.3, 0.4) is 0 Å². The molecule has 7 nitrogen and oxygen atoms in total. The summed E-state index contributed by atoms with van der Waals surface area (Å²) in [6.07, 6.45) is -7.20. The number of hydrogen-bond donors (Lipinski definition) is 2. The molecule has 0 radical (unpaired) electrons. The highest BCUT2D eigenvalue weighted by Gasteiger charge is 2.32. The van der Waals surface area contributed by atoms with E-state index in [9.17, 15) is 26.4 Å². The topological polar surface area (TPSA) is 87.7 Å². The zero-order chi connectivity index (χ0) is 23.8. The maximum absolute atomic E-state index is 13.5. The molecule has 2 N–H and O–H groups in total. The monoisotopic (exact) mass is 563 g/mol. The average molecular weight is 564 g/mol. The van der Waals surface area contributed by atoms with Gasteiger partial charge in [-0.2, -0.15) is 13.2 Å². The Hall–Kier alpha value is -2.35. The number of nitrogens with one attached hydrogen (secondary N) is 2. The fourth-order valence-electron chi connectivity index (χ4n) is 3.32. The van der Waals surface area contributed by atoms with Crippen LogP contribution in [0.1, 0.15) is 24.6 Å². The molecule has 0 bridgehead atoms. The number of sulfonamides is 1. The molecule has 176 valence electrons. The number of carbonyl (C=O) groups is 1. The molecular weight excluding hydrogens is 547 g/mol. The second-order valence-corrected chi connectivity index (χ2v) is 10.9. The molecule has 1 aliphatic rings. The first-order valence-corrected chi connectivity index (χ1v) is 12.7. The number of hydrogen-bond acceptors (Lipinski definition) is 6. The number of benzene rings is 2. The molecule has 13 heteroatoms. The van der Waals surface area contributed by atoms with Crippen LogP contribution in [0.15, 0.2) is 57.9 Å². The van der Waals surface area contributed by atoms with E-state index in [0.717, 1.165) is 14.4 Å². The molecule has 1 amide bonds. The van der Waals surface area contributed by atoms with Crippen LogP contribution in [-0.2, 0) is 14.9 Å². The minimum absolute atomic E-state index is 0.0899. The van der Waals surface area contributed by atoms with Crippen molar-refractivity contribution in [3.63, 3.8) is 0 Å². The molecule has 0 aliphatic carbocycles. The van der Waals surface area contributed by atoms with Gasteiger partial charge in [-0.1, -0.05) is 30.3 Å². The van der Waals surface area contributed by atoms with Gasteiger partial charge in [0.1, 0.15) is 11.2 Å². The molecular formula is C20H17BrF3N3O4S2. The van der Waals surface area contributed by atoms with E-state index in [1.807, 2.05) is 6.07 Å². The van der Waals surface area contributed by atoms with Crippen LogP contribution in [0.4, 0.5) is 23.0 Å². The third kappa shape index (κ3) is 5.10. The molecule has 2 heterocycles.